The van der Waals surface area contributed by atoms with Crippen LogP contribution in [0.4, 0.5) is 0 Å². The molecule has 164 valence electrons. The standard InChI is InChI=1S/C28H28O2P.BrH/c1-29-28(30-2)24-14-12-13-23(21-24)22-31(25-15-6-3-7-16-25,26-17-8-4-9-18-26)27-19-10-5-11-20-27;/h3-21,28H,22H2,1-2H3;1H/q+1;/p-1. The minimum Gasteiger partial charge on any atom is -1.00 e. The van der Waals surface area contributed by atoms with Gasteiger partial charge in [0, 0.05) is 19.8 Å². The first kappa shape index (κ1) is 24.4. The van der Waals surface area contributed by atoms with Crippen molar-refractivity contribution < 1.29 is 26.5 Å². The van der Waals surface area contributed by atoms with E-state index in [1.807, 2.05) is 0 Å². The molecule has 0 spiro atoms. The lowest BCUT2D eigenvalue weighted by Gasteiger charge is -2.28. The number of ether oxygens (including phenoxy) is 2. The Morgan fingerprint density at radius 1 is 0.594 bits per heavy atom. The van der Waals surface area contributed by atoms with Gasteiger partial charge >= 0.3 is 0 Å². The van der Waals surface area contributed by atoms with E-state index in [2.05, 4.69) is 115 Å². The zero-order chi connectivity index (χ0) is 21.5. The van der Waals surface area contributed by atoms with Gasteiger partial charge in [0.15, 0.2) is 6.29 Å². The minimum absolute atomic E-state index is 0. The predicted molar refractivity (Wildman–Crippen MR) is 132 cm³/mol. The van der Waals surface area contributed by atoms with Gasteiger partial charge in [-0.15, -0.1) is 0 Å². The summed E-state index contributed by atoms with van der Waals surface area (Å²) < 4.78 is 11.0. The first-order valence-corrected chi connectivity index (χ1v) is 12.4. The second-order valence-corrected chi connectivity index (χ2v) is 11.0. The van der Waals surface area contributed by atoms with Crippen LogP contribution in [0, 0.1) is 0 Å². The Hall–Kier alpha value is -2.29. The number of halogens is 1. The van der Waals surface area contributed by atoms with Crippen molar-refractivity contribution >= 4 is 23.2 Å². The molecule has 0 aromatic heterocycles. The van der Waals surface area contributed by atoms with E-state index < -0.39 is 7.26 Å². The Bertz CT molecular complexity index is 987. The molecular formula is C28H28BrO2P. The van der Waals surface area contributed by atoms with Crippen molar-refractivity contribution in [1.29, 1.82) is 0 Å². The Kier molecular flexibility index (Phi) is 8.78. The van der Waals surface area contributed by atoms with Crippen LogP contribution in [-0.4, -0.2) is 14.2 Å². The van der Waals surface area contributed by atoms with Crippen molar-refractivity contribution in [1.82, 2.24) is 0 Å². The maximum Gasteiger partial charge on any atom is 0.183 e. The van der Waals surface area contributed by atoms with Gasteiger partial charge in [0.2, 0.25) is 0 Å². The van der Waals surface area contributed by atoms with Crippen LogP contribution in [0.3, 0.4) is 0 Å². The molecule has 0 amide bonds. The normalized spacial score (nSPS) is 11.2. The molecule has 0 saturated carbocycles. The molecule has 0 aliphatic carbocycles. The number of hydrogen-bond acceptors (Lipinski definition) is 2. The molecule has 4 aromatic rings. The fraction of sp³-hybridized carbons (Fsp3) is 0.143. The van der Waals surface area contributed by atoms with Crippen molar-refractivity contribution in [3.63, 3.8) is 0 Å². The molecule has 0 atom stereocenters. The summed E-state index contributed by atoms with van der Waals surface area (Å²) in [5.41, 5.74) is 2.32. The summed E-state index contributed by atoms with van der Waals surface area (Å²) in [5, 5.41) is 4.15. The molecule has 0 unspecified atom stereocenters. The molecule has 0 bridgehead atoms. The summed E-state index contributed by atoms with van der Waals surface area (Å²) in [4.78, 5) is 0. The lowest BCUT2D eigenvalue weighted by atomic mass is 10.1. The third kappa shape index (κ3) is 5.03. The van der Waals surface area contributed by atoms with E-state index in [0.717, 1.165) is 11.7 Å². The van der Waals surface area contributed by atoms with Gasteiger partial charge in [-0.25, -0.2) is 0 Å². The quantitative estimate of drug-likeness (QED) is 0.270. The molecule has 4 heteroatoms. The van der Waals surface area contributed by atoms with E-state index in [1.165, 1.54) is 21.5 Å². The molecule has 0 saturated heterocycles. The Balaban J connectivity index is 0.00000289. The first-order chi connectivity index (χ1) is 15.3. The molecule has 0 fully saturated rings. The van der Waals surface area contributed by atoms with Crippen LogP contribution in [0.1, 0.15) is 17.4 Å². The zero-order valence-corrected chi connectivity index (χ0v) is 20.9. The summed E-state index contributed by atoms with van der Waals surface area (Å²) in [6, 6.07) is 41.5. The molecule has 0 heterocycles. The molecule has 4 aromatic carbocycles. The molecule has 2 nitrogen and oxygen atoms in total. The highest BCUT2D eigenvalue weighted by atomic mass is 79.9. The van der Waals surface area contributed by atoms with Crippen molar-refractivity contribution in [2.45, 2.75) is 12.5 Å². The van der Waals surface area contributed by atoms with Crippen LogP contribution in [0.25, 0.3) is 0 Å². The van der Waals surface area contributed by atoms with Gasteiger partial charge in [0.1, 0.15) is 23.2 Å². The van der Waals surface area contributed by atoms with Crippen LogP contribution in [0.2, 0.25) is 0 Å². The number of hydrogen-bond donors (Lipinski definition) is 0. The second-order valence-electron chi connectivity index (χ2n) is 7.52. The number of rotatable bonds is 8. The van der Waals surface area contributed by atoms with Gasteiger partial charge < -0.3 is 26.5 Å². The van der Waals surface area contributed by atoms with Crippen molar-refractivity contribution in [2.24, 2.45) is 0 Å². The van der Waals surface area contributed by atoms with Crippen LogP contribution < -0.4 is 32.9 Å². The number of benzene rings is 4. The van der Waals surface area contributed by atoms with Crippen molar-refractivity contribution in [3.8, 4) is 0 Å². The topological polar surface area (TPSA) is 18.5 Å². The average Bonchev–Trinajstić information content (AvgIpc) is 2.85. The third-order valence-electron chi connectivity index (χ3n) is 5.66. The van der Waals surface area contributed by atoms with Crippen LogP contribution in [-0.2, 0) is 15.6 Å². The fourth-order valence-electron chi connectivity index (χ4n) is 4.25. The largest absolute Gasteiger partial charge is 1.00 e. The van der Waals surface area contributed by atoms with Crippen molar-refractivity contribution in [2.75, 3.05) is 14.2 Å². The predicted octanol–water partition coefficient (Wildman–Crippen LogP) is 2.48. The average molecular weight is 507 g/mol. The molecule has 0 aliphatic heterocycles. The van der Waals surface area contributed by atoms with E-state index in [1.54, 1.807) is 14.2 Å². The molecule has 0 radical (unpaired) electrons. The van der Waals surface area contributed by atoms with E-state index in [-0.39, 0.29) is 23.3 Å². The maximum absolute atomic E-state index is 5.51. The van der Waals surface area contributed by atoms with Gasteiger partial charge in [-0.2, -0.15) is 0 Å². The molecule has 32 heavy (non-hydrogen) atoms. The second kappa shape index (κ2) is 11.5. The molecular weight excluding hydrogens is 479 g/mol. The Morgan fingerprint density at radius 2 is 1.03 bits per heavy atom. The highest BCUT2D eigenvalue weighted by molar-refractivity contribution is 7.95. The van der Waals surface area contributed by atoms with Gasteiger partial charge in [-0.3, -0.25) is 0 Å². The van der Waals surface area contributed by atoms with E-state index >= 15 is 0 Å². The van der Waals surface area contributed by atoms with E-state index in [9.17, 15) is 0 Å². The summed E-state index contributed by atoms with van der Waals surface area (Å²) in [5.74, 6) is 0. The SMILES string of the molecule is COC(OC)c1cccc(C[P+](c2ccccc2)(c2ccccc2)c2ccccc2)c1.[Br-]. The monoisotopic (exact) mass is 506 g/mol. The third-order valence-corrected chi connectivity index (χ3v) is 10.0. The molecule has 0 aliphatic rings. The lowest BCUT2D eigenvalue weighted by Crippen LogP contribution is -3.00. The summed E-state index contributed by atoms with van der Waals surface area (Å²) in [6.45, 7) is 0. The van der Waals surface area contributed by atoms with Crippen LogP contribution in [0.5, 0.6) is 0 Å². The van der Waals surface area contributed by atoms with Gasteiger partial charge in [-0.1, -0.05) is 72.8 Å². The lowest BCUT2D eigenvalue weighted by molar-refractivity contribution is -0.106. The summed E-state index contributed by atoms with van der Waals surface area (Å²) in [6.07, 6.45) is 0.566. The smallest absolute Gasteiger partial charge is 0.183 e. The number of methoxy groups -OCH3 is 2. The minimum atomic E-state index is -1.92. The van der Waals surface area contributed by atoms with E-state index in [0.29, 0.717) is 0 Å². The maximum atomic E-state index is 5.51. The summed E-state index contributed by atoms with van der Waals surface area (Å²) in [7, 11) is 1.43. The van der Waals surface area contributed by atoms with Gasteiger partial charge in [0.05, 0.1) is 6.16 Å². The van der Waals surface area contributed by atoms with Gasteiger partial charge in [-0.05, 0) is 48.0 Å². The Morgan fingerprint density at radius 3 is 1.44 bits per heavy atom. The Labute approximate surface area is 202 Å². The molecule has 0 N–H and O–H groups in total. The van der Waals surface area contributed by atoms with E-state index in [4.69, 9.17) is 9.47 Å². The van der Waals surface area contributed by atoms with Crippen molar-refractivity contribution in [3.05, 3.63) is 126 Å². The fourth-order valence-corrected chi connectivity index (χ4v) is 8.48. The first-order valence-electron chi connectivity index (χ1n) is 10.5. The molecule has 4 rings (SSSR count). The van der Waals surface area contributed by atoms with Gasteiger partial charge in [0.25, 0.3) is 0 Å². The van der Waals surface area contributed by atoms with Crippen LogP contribution >= 0.6 is 7.26 Å². The summed E-state index contributed by atoms with van der Waals surface area (Å²) >= 11 is 0. The van der Waals surface area contributed by atoms with Crippen LogP contribution in [0.15, 0.2) is 115 Å². The zero-order valence-electron chi connectivity index (χ0n) is 18.4. The highest BCUT2D eigenvalue weighted by Crippen LogP contribution is 2.58. The highest BCUT2D eigenvalue weighted by Gasteiger charge is 2.45.